The Morgan fingerprint density at radius 2 is 1.89 bits per heavy atom. The van der Waals surface area contributed by atoms with Crippen molar-refractivity contribution in [1.82, 2.24) is 15.1 Å². The maximum atomic E-state index is 4.60. The Labute approximate surface area is 117 Å². The summed E-state index contributed by atoms with van der Waals surface area (Å²) in [5.41, 5.74) is 1.16. The average molecular weight is 263 g/mol. The molecule has 1 fully saturated rings. The Balaban J connectivity index is 1.79. The van der Waals surface area contributed by atoms with E-state index in [1.807, 2.05) is 4.68 Å². The maximum Gasteiger partial charge on any atom is 0.0762 e. The van der Waals surface area contributed by atoms with E-state index in [0.717, 1.165) is 18.2 Å². The van der Waals surface area contributed by atoms with Crippen molar-refractivity contribution in [3.8, 4) is 0 Å². The molecule has 1 N–H and O–H groups in total. The fourth-order valence-corrected chi connectivity index (χ4v) is 3.00. The minimum Gasteiger partial charge on any atom is -0.308 e. The minimum absolute atomic E-state index is 0.452. The highest BCUT2D eigenvalue weighted by molar-refractivity contribution is 4.99. The van der Waals surface area contributed by atoms with Crippen molar-refractivity contribution in [3.05, 3.63) is 18.0 Å². The Bertz CT molecular complexity index is 362. The van der Waals surface area contributed by atoms with E-state index in [4.69, 9.17) is 0 Å². The summed E-state index contributed by atoms with van der Waals surface area (Å²) in [4.78, 5) is 0. The third-order valence-electron chi connectivity index (χ3n) is 4.40. The second kappa shape index (κ2) is 7.09. The molecule has 3 heteroatoms. The molecule has 1 aliphatic carbocycles. The molecule has 0 saturated heterocycles. The summed E-state index contributed by atoms with van der Waals surface area (Å²) >= 11 is 0. The summed E-state index contributed by atoms with van der Waals surface area (Å²) in [6, 6.07) is 3.20. The van der Waals surface area contributed by atoms with Crippen LogP contribution in [-0.4, -0.2) is 15.8 Å². The van der Waals surface area contributed by atoms with Gasteiger partial charge >= 0.3 is 0 Å². The normalized spacial score (nSPS) is 19.6. The van der Waals surface area contributed by atoms with Crippen molar-refractivity contribution in [3.63, 3.8) is 0 Å². The van der Waals surface area contributed by atoms with Crippen LogP contribution in [0.25, 0.3) is 0 Å². The summed E-state index contributed by atoms with van der Waals surface area (Å²) in [6.45, 7) is 7.57. The van der Waals surface area contributed by atoms with E-state index < -0.39 is 0 Å². The first-order valence-corrected chi connectivity index (χ1v) is 7.94. The van der Waals surface area contributed by atoms with Gasteiger partial charge in [-0.1, -0.05) is 25.7 Å². The molecule has 108 valence electrons. The molecule has 0 amide bonds. The van der Waals surface area contributed by atoms with Crippen molar-refractivity contribution >= 4 is 0 Å². The molecule has 0 aliphatic heterocycles. The zero-order valence-electron chi connectivity index (χ0n) is 12.7. The van der Waals surface area contributed by atoms with Crippen LogP contribution in [0.2, 0.25) is 0 Å². The number of rotatable bonds is 5. The lowest BCUT2D eigenvalue weighted by atomic mass is 9.93. The molecular weight excluding hydrogens is 234 g/mol. The van der Waals surface area contributed by atoms with Crippen LogP contribution in [0.4, 0.5) is 0 Å². The second-order valence-corrected chi connectivity index (χ2v) is 6.30. The van der Waals surface area contributed by atoms with Crippen molar-refractivity contribution in [2.45, 2.75) is 77.9 Å². The summed E-state index contributed by atoms with van der Waals surface area (Å²) in [6.07, 6.45) is 10.6. The zero-order chi connectivity index (χ0) is 13.7. The predicted molar refractivity (Wildman–Crippen MR) is 80.1 cm³/mol. The highest BCUT2D eigenvalue weighted by Crippen LogP contribution is 2.25. The van der Waals surface area contributed by atoms with Crippen LogP contribution in [0.1, 0.15) is 71.0 Å². The predicted octanol–water partition coefficient (Wildman–Crippen LogP) is 3.91. The molecule has 0 unspecified atom stereocenters. The van der Waals surface area contributed by atoms with Crippen LogP contribution in [0.15, 0.2) is 12.3 Å². The molecule has 0 spiro atoms. The van der Waals surface area contributed by atoms with Crippen LogP contribution in [0.5, 0.6) is 0 Å². The molecule has 1 aromatic heterocycles. The zero-order valence-corrected chi connectivity index (χ0v) is 12.7. The Morgan fingerprint density at radius 3 is 2.47 bits per heavy atom. The Hall–Kier alpha value is -0.830. The Kier molecular flexibility index (Phi) is 5.44. The topological polar surface area (TPSA) is 29.9 Å². The molecular formula is C16H29N3. The standard InChI is InChI=1S/C16H29N3/c1-13(2)19-11-10-16(18-19)12-17-14(3)15-8-6-4-5-7-9-15/h10-11,13-15,17H,4-9,12H2,1-3H3/t14-/m1/s1. The largest absolute Gasteiger partial charge is 0.308 e. The van der Waals surface area contributed by atoms with Gasteiger partial charge in [-0.15, -0.1) is 0 Å². The minimum atomic E-state index is 0.452. The van der Waals surface area contributed by atoms with Gasteiger partial charge in [-0.3, -0.25) is 4.68 Å². The molecule has 1 saturated carbocycles. The fraction of sp³-hybridized carbons (Fsp3) is 0.812. The molecule has 19 heavy (non-hydrogen) atoms. The molecule has 1 atom stereocenters. The van der Waals surface area contributed by atoms with Crippen molar-refractivity contribution in [1.29, 1.82) is 0 Å². The van der Waals surface area contributed by atoms with Gasteiger partial charge in [0, 0.05) is 24.8 Å². The van der Waals surface area contributed by atoms with E-state index in [-0.39, 0.29) is 0 Å². The van der Waals surface area contributed by atoms with Crippen LogP contribution in [0, 0.1) is 5.92 Å². The summed E-state index contributed by atoms with van der Waals surface area (Å²) in [5, 5.41) is 8.27. The van der Waals surface area contributed by atoms with Gasteiger partial charge in [0.25, 0.3) is 0 Å². The van der Waals surface area contributed by atoms with Gasteiger partial charge in [-0.05, 0) is 45.6 Å². The number of nitrogens with zero attached hydrogens (tertiary/aromatic N) is 2. The van der Waals surface area contributed by atoms with Gasteiger partial charge in [0.1, 0.15) is 0 Å². The first kappa shape index (κ1) is 14.6. The van der Waals surface area contributed by atoms with Gasteiger partial charge in [0.05, 0.1) is 5.69 Å². The van der Waals surface area contributed by atoms with Gasteiger partial charge in [0.15, 0.2) is 0 Å². The molecule has 2 rings (SSSR count). The maximum absolute atomic E-state index is 4.60. The monoisotopic (exact) mass is 263 g/mol. The van der Waals surface area contributed by atoms with Crippen molar-refractivity contribution in [2.24, 2.45) is 5.92 Å². The number of hydrogen-bond donors (Lipinski definition) is 1. The second-order valence-electron chi connectivity index (χ2n) is 6.30. The van der Waals surface area contributed by atoms with E-state index >= 15 is 0 Å². The van der Waals surface area contributed by atoms with E-state index in [0.29, 0.717) is 12.1 Å². The number of aromatic nitrogens is 2. The smallest absolute Gasteiger partial charge is 0.0762 e. The number of nitrogens with one attached hydrogen (secondary N) is 1. The summed E-state index contributed by atoms with van der Waals surface area (Å²) in [5.74, 6) is 0.856. The molecule has 0 bridgehead atoms. The van der Waals surface area contributed by atoms with Gasteiger partial charge in [0.2, 0.25) is 0 Å². The third-order valence-corrected chi connectivity index (χ3v) is 4.40. The summed E-state index contributed by atoms with van der Waals surface area (Å²) in [7, 11) is 0. The van der Waals surface area contributed by atoms with Gasteiger partial charge in [-0.25, -0.2) is 0 Å². The lowest BCUT2D eigenvalue weighted by Gasteiger charge is -2.23. The number of hydrogen-bond acceptors (Lipinski definition) is 2. The van der Waals surface area contributed by atoms with Crippen LogP contribution >= 0.6 is 0 Å². The first-order chi connectivity index (χ1) is 9.16. The fourth-order valence-electron chi connectivity index (χ4n) is 3.00. The van der Waals surface area contributed by atoms with Crippen LogP contribution < -0.4 is 5.32 Å². The van der Waals surface area contributed by atoms with E-state index in [1.54, 1.807) is 0 Å². The van der Waals surface area contributed by atoms with E-state index in [2.05, 4.69) is 43.4 Å². The quantitative estimate of drug-likeness (QED) is 0.816. The molecule has 0 radical (unpaired) electrons. The van der Waals surface area contributed by atoms with Crippen LogP contribution in [-0.2, 0) is 6.54 Å². The Morgan fingerprint density at radius 1 is 1.21 bits per heavy atom. The van der Waals surface area contributed by atoms with Crippen molar-refractivity contribution in [2.75, 3.05) is 0 Å². The molecule has 1 aromatic rings. The average Bonchev–Trinajstić information content (AvgIpc) is 2.70. The van der Waals surface area contributed by atoms with Crippen molar-refractivity contribution < 1.29 is 0 Å². The lowest BCUT2D eigenvalue weighted by Crippen LogP contribution is -2.33. The van der Waals surface area contributed by atoms with E-state index in [9.17, 15) is 0 Å². The lowest BCUT2D eigenvalue weighted by molar-refractivity contribution is 0.335. The first-order valence-electron chi connectivity index (χ1n) is 7.94. The molecule has 1 heterocycles. The van der Waals surface area contributed by atoms with Gasteiger partial charge in [-0.2, -0.15) is 5.10 Å². The van der Waals surface area contributed by atoms with E-state index in [1.165, 1.54) is 38.5 Å². The molecule has 3 nitrogen and oxygen atoms in total. The highest BCUT2D eigenvalue weighted by atomic mass is 15.3. The molecule has 1 aliphatic rings. The van der Waals surface area contributed by atoms with Gasteiger partial charge < -0.3 is 5.32 Å². The SMILES string of the molecule is CC(C)n1ccc(CN[C@H](C)C2CCCCCC2)n1. The third kappa shape index (κ3) is 4.34. The summed E-state index contributed by atoms with van der Waals surface area (Å²) < 4.78 is 2.04. The molecule has 0 aromatic carbocycles. The van der Waals surface area contributed by atoms with Crippen LogP contribution in [0.3, 0.4) is 0 Å². The highest BCUT2D eigenvalue weighted by Gasteiger charge is 2.18.